The fraction of sp³-hybridized carbons (Fsp3) is 0.188. The number of halogens is 1. The molecule has 6 nitrogen and oxygen atoms in total. The summed E-state index contributed by atoms with van der Waals surface area (Å²) in [4.78, 5) is 20.3. The van der Waals surface area contributed by atoms with Gasteiger partial charge in [0.05, 0.1) is 24.4 Å². The van der Waals surface area contributed by atoms with Crippen LogP contribution in [0.15, 0.2) is 47.3 Å². The molecule has 0 aliphatic carbocycles. The van der Waals surface area contributed by atoms with Crippen molar-refractivity contribution >= 4 is 33.4 Å². The maximum atomic E-state index is 11.6. The van der Waals surface area contributed by atoms with Gasteiger partial charge in [-0.25, -0.2) is 14.8 Å². The number of imidazole rings is 1. The third-order valence-corrected chi connectivity index (χ3v) is 3.66. The van der Waals surface area contributed by atoms with E-state index in [9.17, 15) is 4.79 Å². The van der Waals surface area contributed by atoms with Crippen LogP contribution in [0.25, 0.3) is 5.65 Å². The Morgan fingerprint density at radius 3 is 2.91 bits per heavy atom. The molecular weight excluding hydrogens is 360 g/mol. The van der Waals surface area contributed by atoms with Crippen molar-refractivity contribution in [3.05, 3.63) is 58.6 Å². The van der Waals surface area contributed by atoms with Gasteiger partial charge in [0.1, 0.15) is 11.5 Å². The van der Waals surface area contributed by atoms with Crippen molar-refractivity contribution in [3.63, 3.8) is 0 Å². The molecule has 0 aliphatic rings. The minimum absolute atomic E-state index is 0.350. The molecule has 3 rings (SSSR count). The van der Waals surface area contributed by atoms with Crippen LogP contribution in [0, 0.1) is 0 Å². The van der Waals surface area contributed by atoms with Gasteiger partial charge in [0.2, 0.25) is 0 Å². The molecule has 3 aromatic heterocycles. The fourth-order valence-electron chi connectivity index (χ4n) is 2.12. The molecule has 0 unspecified atom stereocenters. The van der Waals surface area contributed by atoms with Crippen molar-refractivity contribution in [2.45, 2.75) is 13.5 Å². The Bertz CT molecular complexity index is 830. The number of aromatic nitrogens is 3. The van der Waals surface area contributed by atoms with Crippen LogP contribution >= 0.6 is 15.9 Å². The molecule has 0 radical (unpaired) electrons. The molecule has 0 atom stereocenters. The molecule has 0 fully saturated rings. The molecule has 3 heterocycles. The summed E-state index contributed by atoms with van der Waals surface area (Å²) in [7, 11) is 0. The Hall–Kier alpha value is -2.41. The van der Waals surface area contributed by atoms with Gasteiger partial charge in [-0.2, -0.15) is 0 Å². The van der Waals surface area contributed by atoms with Crippen molar-refractivity contribution in [2.24, 2.45) is 0 Å². The van der Waals surface area contributed by atoms with Gasteiger partial charge in [-0.15, -0.1) is 0 Å². The van der Waals surface area contributed by atoms with E-state index in [0.29, 0.717) is 24.5 Å². The fourth-order valence-corrected chi connectivity index (χ4v) is 2.47. The van der Waals surface area contributed by atoms with Crippen molar-refractivity contribution < 1.29 is 9.53 Å². The highest BCUT2D eigenvalue weighted by Gasteiger charge is 2.07. The maximum Gasteiger partial charge on any atom is 0.339 e. The van der Waals surface area contributed by atoms with E-state index in [1.165, 1.54) is 6.20 Å². The first-order valence-electron chi connectivity index (χ1n) is 7.16. The van der Waals surface area contributed by atoms with Gasteiger partial charge in [0.25, 0.3) is 0 Å². The second-order valence-electron chi connectivity index (χ2n) is 4.85. The van der Waals surface area contributed by atoms with E-state index in [1.807, 2.05) is 28.9 Å². The lowest BCUT2D eigenvalue weighted by Crippen LogP contribution is -2.06. The van der Waals surface area contributed by atoms with E-state index < -0.39 is 0 Å². The van der Waals surface area contributed by atoms with Gasteiger partial charge in [-0.3, -0.25) is 0 Å². The highest BCUT2D eigenvalue weighted by molar-refractivity contribution is 9.10. The predicted octanol–water partition coefficient (Wildman–Crippen LogP) is 3.28. The lowest BCUT2D eigenvalue weighted by atomic mass is 10.3. The molecule has 3 aromatic rings. The molecular formula is C16H15BrN4O2. The number of carbonyl (C=O) groups is 1. The van der Waals surface area contributed by atoms with Crippen LogP contribution in [-0.2, 0) is 11.3 Å². The summed E-state index contributed by atoms with van der Waals surface area (Å²) < 4.78 is 7.88. The Balaban J connectivity index is 1.66. The number of ether oxygens (including phenoxy) is 1. The topological polar surface area (TPSA) is 68.5 Å². The molecule has 7 heteroatoms. The van der Waals surface area contributed by atoms with Crippen LogP contribution in [0.2, 0.25) is 0 Å². The molecule has 0 bridgehead atoms. The van der Waals surface area contributed by atoms with Gasteiger partial charge < -0.3 is 14.5 Å². The first-order chi connectivity index (χ1) is 11.2. The zero-order valence-corrected chi connectivity index (χ0v) is 14.1. The first-order valence-corrected chi connectivity index (χ1v) is 7.95. The predicted molar refractivity (Wildman–Crippen MR) is 90.4 cm³/mol. The summed E-state index contributed by atoms with van der Waals surface area (Å²) in [5.41, 5.74) is 2.23. The average Bonchev–Trinajstić information content (AvgIpc) is 2.95. The van der Waals surface area contributed by atoms with Crippen molar-refractivity contribution in [1.82, 2.24) is 14.4 Å². The van der Waals surface area contributed by atoms with E-state index in [-0.39, 0.29) is 5.97 Å². The summed E-state index contributed by atoms with van der Waals surface area (Å²) in [6.45, 7) is 2.67. The highest BCUT2D eigenvalue weighted by atomic mass is 79.9. The van der Waals surface area contributed by atoms with Gasteiger partial charge in [-0.1, -0.05) is 0 Å². The minimum Gasteiger partial charge on any atom is -0.462 e. The number of esters is 1. The van der Waals surface area contributed by atoms with Gasteiger partial charge in [0, 0.05) is 23.1 Å². The lowest BCUT2D eigenvalue weighted by Gasteiger charge is -2.05. The molecule has 1 N–H and O–H groups in total. The largest absolute Gasteiger partial charge is 0.462 e. The Morgan fingerprint density at radius 1 is 1.30 bits per heavy atom. The number of carbonyl (C=O) groups excluding carboxylic acids is 1. The summed E-state index contributed by atoms with van der Waals surface area (Å²) in [6, 6.07) is 7.34. The van der Waals surface area contributed by atoms with Crippen LogP contribution < -0.4 is 5.32 Å². The summed E-state index contributed by atoms with van der Waals surface area (Å²) in [5.74, 6) is 0.314. The average molecular weight is 375 g/mol. The van der Waals surface area contributed by atoms with Gasteiger partial charge in [-0.05, 0) is 47.1 Å². The molecule has 118 valence electrons. The number of pyridine rings is 2. The number of rotatable bonds is 5. The Kier molecular flexibility index (Phi) is 4.57. The van der Waals surface area contributed by atoms with Gasteiger partial charge in [0.15, 0.2) is 0 Å². The normalized spacial score (nSPS) is 10.7. The summed E-state index contributed by atoms with van der Waals surface area (Å²) in [5, 5.41) is 3.18. The monoisotopic (exact) mass is 374 g/mol. The maximum absolute atomic E-state index is 11.6. The van der Waals surface area contributed by atoms with Gasteiger partial charge >= 0.3 is 5.97 Å². The van der Waals surface area contributed by atoms with Crippen molar-refractivity contribution in [1.29, 1.82) is 0 Å². The quantitative estimate of drug-likeness (QED) is 0.694. The number of hydrogen-bond acceptors (Lipinski definition) is 5. The van der Waals surface area contributed by atoms with E-state index in [2.05, 4.69) is 31.2 Å². The highest BCUT2D eigenvalue weighted by Crippen LogP contribution is 2.13. The first kappa shape index (κ1) is 15.5. The van der Waals surface area contributed by atoms with E-state index >= 15 is 0 Å². The molecule has 0 saturated carbocycles. The smallest absolute Gasteiger partial charge is 0.339 e. The summed E-state index contributed by atoms with van der Waals surface area (Å²) >= 11 is 3.43. The number of anilines is 1. The standard InChI is InChI=1S/C16H15BrN4O2/c1-2-23-16(22)11-3-5-14(18-7-11)19-8-13-10-21-9-12(17)4-6-15(21)20-13/h3-7,9-10H,2,8H2,1H3,(H,18,19). The minimum atomic E-state index is -0.363. The van der Waals surface area contributed by atoms with E-state index in [4.69, 9.17) is 4.74 Å². The van der Waals surface area contributed by atoms with E-state index in [0.717, 1.165) is 15.8 Å². The lowest BCUT2D eigenvalue weighted by molar-refractivity contribution is 0.0526. The van der Waals surface area contributed by atoms with Crippen LogP contribution in [0.5, 0.6) is 0 Å². The Labute approximate surface area is 141 Å². The SMILES string of the molecule is CCOC(=O)c1ccc(NCc2cn3cc(Br)ccc3n2)nc1. The third kappa shape index (κ3) is 3.68. The second kappa shape index (κ2) is 6.78. The van der Waals surface area contributed by atoms with Crippen LogP contribution in [0.4, 0.5) is 5.82 Å². The number of hydrogen-bond donors (Lipinski definition) is 1. The number of fused-ring (bicyclic) bond motifs is 1. The molecule has 0 spiro atoms. The second-order valence-corrected chi connectivity index (χ2v) is 5.77. The van der Waals surface area contributed by atoms with Crippen LogP contribution in [-0.4, -0.2) is 26.9 Å². The molecule has 0 aromatic carbocycles. The number of nitrogens with one attached hydrogen (secondary N) is 1. The van der Waals surface area contributed by atoms with Crippen molar-refractivity contribution in [2.75, 3.05) is 11.9 Å². The van der Waals surface area contributed by atoms with Crippen LogP contribution in [0.3, 0.4) is 0 Å². The molecule has 0 aliphatic heterocycles. The Morgan fingerprint density at radius 2 is 2.17 bits per heavy atom. The summed E-state index contributed by atoms with van der Waals surface area (Å²) in [6.07, 6.45) is 5.42. The molecule has 23 heavy (non-hydrogen) atoms. The zero-order chi connectivity index (χ0) is 16.2. The molecule has 0 saturated heterocycles. The van der Waals surface area contributed by atoms with Crippen molar-refractivity contribution in [3.8, 4) is 0 Å². The van der Waals surface area contributed by atoms with E-state index in [1.54, 1.807) is 19.1 Å². The van der Waals surface area contributed by atoms with Crippen LogP contribution in [0.1, 0.15) is 23.0 Å². The molecule has 0 amide bonds. The number of nitrogens with zero attached hydrogens (tertiary/aromatic N) is 3. The zero-order valence-electron chi connectivity index (χ0n) is 12.5. The third-order valence-electron chi connectivity index (χ3n) is 3.19.